The van der Waals surface area contributed by atoms with Crippen LogP contribution in [0.5, 0.6) is 0 Å². The normalized spacial score (nSPS) is 11.4. The highest BCUT2D eigenvalue weighted by Gasteiger charge is 2.22. The third kappa shape index (κ3) is 9.60. The van der Waals surface area contributed by atoms with Crippen LogP contribution in [0.15, 0.2) is 48.5 Å². The highest BCUT2D eigenvalue weighted by molar-refractivity contribution is 5.97. The van der Waals surface area contributed by atoms with Crippen LogP contribution in [0.2, 0.25) is 0 Å². The average Bonchev–Trinajstić information content (AvgIpc) is 2.73. The third-order valence-electron chi connectivity index (χ3n) is 4.98. The fourth-order valence-corrected chi connectivity index (χ4v) is 2.84. The topological polar surface area (TPSA) is 116 Å². The van der Waals surface area contributed by atoms with Gasteiger partial charge in [-0.05, 0) is 42.8 Å². The first kappa shape index (κ1) is 27.6. The van der Waals surface area contributed by atoms with Crippen LogP contribution in [0.4, 0.5) is 22.7 Å². The van der Waals surface area contributed by atoms with E-state index in [1.165, 1.54) is 0 Å². The Hall–Kier alpha value is -3.68. The zero-order valence-corrected chi connectivity index (χ0v) is 21.4. The van der Waals surface area contributed by atoms with E-state index in [4.69, 9.17) is 0 Å². The molecule has 0 aromatic heterocycles. The fraction of sp³-hybridized carbons (Fsp3) is 0.407. The Labute approximate surface area is 207 Å². The zero-order valence-electron chi connectivity index (χ0n) is 21.4. The van der Waals surface area contributed by atoms with Crippen LogP contribution in [0.3, 0.4) is 0 Å². The van der Waals surface area contributed by atoms with E-state index in [0.717, 1.165) is 0 Å². The summed E-state index contributed by atoms with van der Waals surface area (Å²) in [6.45, 7) is 11.0. The minimum Gasteiger partial charge on any atom is -0.326 e. The highest BCUT2D eigenvalue weighted by Crippen LogP contribution is 2.21. The molecule has 2 aromatic carbocycles. The van der Waals surface area contributed by atoms with Gasteiger partial charge < -0.3 is 21.3 Å². The van der Waals surface area contributed by atoms with Crippen molar-refractivity contribution in [2.45, 2.75) is 60.8 Å². The van der Waals surface area contributed by atoms with Crippen molar-refractivity contribution in [3.8, 4) is 0 Å². The molecule has 0 aliphatic carbocycles. The Morgan fingerprint density at radius 1 is 0.571 bits per heavy atom. The monoisotopic (exact) mass is 480 g/mol. The molecule has 8 heteroatoms. The summed E-state index contributed by atoms with van der Waals surface area (Å²) in [5, 5.41) is 11.3. The van der Waals surface area contributed by atoms with Crippen molar-refractivity contribution in [3.63, 3.8) is 0 Å². The van der Waals surface area contributed by atoms with Crippen molar-refractivity contribution >= 4 is 46.4 Å². The Morgan fingerprint density at radius 3 is 1.20 bits per heavy atom. The number of carbonyl (C=O) groups excluding carboxylic acids is 4. The summed E-state index contributed by atoms with van der Waals surface area (Å²) in [5.74, 6) is -0.670. The maximum absolute atomic E-state index is 12.3. The summed E-state index contributed by atoms with van der Waals surface area (Å²) in [7, 11) is 0. The van der Waals surface area contributed by atoms with Crippen LogP contribution in [-0.2, 0) is 19.2 Å². The third-order valence-corrected chi connectivity index (χ3v) is 4.98. The molecule has 188 valence electrons. The van der Waals surface area contributed by atoms with Crippen molar-refractivity contribution in [3.05, 3.63) is 48.5 Å². The molecule has 0 aliphatic heterocycles. The number of amides is 4. The van der Waals surface area contributed by atoms with E-state index in [9.17, 15) is 19.2 Å². The maximum Gasteiger partial charge on any atom is 0.229 e. The molecule has 0 atom stereocenters. The highest BCUT2D eigenvalue weighted by atomic mass is 16.2. The molecule has 0 saturated heterocycles. The number of carbonyl (C=O) groups is 4. The Balaban J connectivity index is 1.80. The number of hydrogen-bond acceptors (Lipinski definition) is 4. The summed E-state index contributed by atoms with van der Waals surface area (Å²) >= 11 is 0. The van der Waals surface area contributed by atoms with Crippen molar-refractivity contribution in [2.75, 3.05) is 21.3 Å². The minimum absolute atomic E-state index is 0.117. The molecule has 8 nitrogen and oxygen atoms in total. The molecule has 0 spiro atoms. The lowest BCUT2D eigenvalue weighted by Crippen LogP contribution is -2.27. The predicted molar refractivity (Wildman–Crippen MR) is 140 cm³/mol. The first-order valence-corrected chi connectivity index (χ1v) is 11.7. The molecule has 0 aliphatic rings. The summed E-state index contributed by atoms with van der Waals surface area (Å²) in [5.41, 5.74) is 1.29. The van der Waals surface area contributed by atoms with Gasteiger partial charge in [-0.15, -0.1) is 0 Å². The molecule has 0 radical (unpaired) electrons. The Morgan fingerprint density at radius 2 is 0.886 bits per heavy atom. The SMILES string of the molecule is CC(C)(C)C(=O)Nc1cccc(NC(=O)CCCC(=O)Nc2cccc(NC(=O)C(C)(C)C)c2)c1. The molecule has 0 unspecified atom stereocenters. The second-order valence-corrected chi connectivity index (χ2v) is 10.5. The maximum atomic E-state index is 12.3. The molecule has 2 aromatic rings. The van der Waals surface area contributed by atoms with E-state index in [1.54, 1.807) is 48.5 Å². The first-order valence-electron chi connectivity index (χ1n) is 11.7. The van der Waals surface area contributed by atoms with Crippen molar-refractivity contribution in [1.29, 1.82) is 0 Å². The van der Waals surface area contributed by atoms with Crippen molar-refractivity contribution in [2.24, 2.45) is 10.8 Å². The summed E-state index contributed by atoms with van der Waals surface area (Å²) < 4.78 is 0. The summed E-state index contributed by atoms with van der Waals surface area (Å²) in [6.07, 6.45) is 0.722. The van der Waals surface area contributed by atoms with E-state index in [1.807, 2.05) is 41.5 Å². The molecule has 0 heterocycles. The molecule has 0 bridgehead atoms. The lowest BCUT2D eigenvalue weighted by Gasteiger charge is -2.18. The Bertz CT molecular complexity index is 996. The van der Waals surface area contributed by atoms with Gasteiger partial charge in [0.25, 0.3) is 0 Å². The number of rotatable bonds is 8. The number of anilines is 4. The quantitative estimate of drug-likeness (QED) is 0.404. The average molecular weight is 481 g/mol. The van der Waals surface area contributed by atoms with Crippen LogP contribution in [0.1, 0.15) is 60.8 Å². The van der Waals surface area contributed by atoms with Crippen LogP contribution in [0.25, 0.3) is 0 Å². The van der Waals surface area contributed by atoms with Crippen LogP contribution >= 0.6 is 0 Å². The zero-order chi connectivity index (χ0) is 26.2. The van der Waals surface area contributed by atoms with Gasteiger partial charge in [-0.3, -0.25) is 19.2 Å². The van der Waals surface area contributed by atoms with Gasteiger partial charge in [0.2, 0.25) is 23.6 Å². The molecule has 2 rings (SSSR count). The summed E-state index contributed by atoms with van der Waals surface area (Å²) in [4.78, 5) is 48.9. The van der Waals surface area contributed by atoms with Gasteiger partial charge in [0, 0.05) is 46.4 Å². The lowest BCUT2D eigenvalue weighted by molar-refractivity contribution is -0.123. The minimum atomic E-state index is -0.526. The second-order valence-electron chi connectivity index (χ2n) is 10.5. The van der Waals surface area contributed by atoms with E-state index in [-0.39, 0.29) is 36.5 Å². The van der Waals surface area contributed by atoms with Gasteiger partial charge in [0.05, 0.1) is 0 Å². The molecule has 4 N–H and O–H groups in total. The molecule has 0 saturated carbocycles. The van der Waals surface area contributed by atoms with Gasteiger partial charge >= 0.3 is 0 Å². The van der Waals surface area contributed by atoms with Crippen molar-refractivity contribution < 1.29 is 19.2 Å². The van der Waals surface area contributed by atoms with Crippen LogP contribution < -0.4 is 21.3 Å². The molecular formula is C27H36N4O4. The standard InChI is InChI=1S/C27H36N4O4/c1-26(2,3)24(34)30-20-12-7-10-18(16-20)28-22(32)14-9-15-23(33)29-19-11-8-13-21(17-19)31-25(35)27(4,5)6/h7-8,10-13,16-17H,9,14-15H2,1-6H3,(H,28,32)(H,29,33)(H,30,34)(H,31,35). The van der Waals surface area contributed by atoms with Crippen molar-refractivity contribution in [1.82, 2.24) is 0 Å². The van der Waals surface area contributed by atoms with Gasteiger partial charge in [0.15, 0.2) is 0 Å². The molecule has 4 amide bonds. The lowest BCUT2D eigenvalue weighted by atomic mass is 9.95. The second kappa shape index (κ2) is 11.6. The molecular weight excluding hydrogens is 444 g/mol. The van der Waals surface area contributed by atoms with Crippen LogP contribution in [-0.4, -0.2) is 23.6 Å². The predicted octanol–water partition coefficient (Wildman–Crippen LogP) is 5.40. The van der Waals surface area contributed by atoms with E-state index in [2.05, 4.69) is 21.3 Å². The van der Waals surface area contributed by atoms with E-state index >= 15 is 0 Å². The first-order chi connectivity index (χ1) is 16.2. The number of benzene rings is 2. The smallest absolute Gasteiger partial charge is 0.229 e. The van der Waals surface area contributed by atoms with Gasteiger partial charge in [-0.2, -0.15) is 0 Å². The largest absolute Gasteiger partial charge is 0.326 e. The van der Waals surface area contributed by atoms with E-state index in [0.29, 0.717) is 29.2 Å². The van der Waals surface area contributed by atoms with E-state index < -0.39 is 10.8 Å². The summed E-state index contributed by atoms with van der Waals surface area (Å²) in [6, 6.07) is 13.9. The van der Waals surface area contributed by atoms with Gasteiger partial charge in [-0.1, -0.05) is 53.7 Å². The Kier molecular flexibility index (Phi) is 9.17. The van der Waals surface area contributed by atoms with Crippen LogP contribution in [0, 0.1) is 10.8 Å². The van der Waals surface area contributed by atoms with Gasteiger partial charge in [0.1, 0.15) is 0 Å². The number of nitrogens with one attached hydrogen (secondary N) is 4. The van der Waals surface area contributed by atoms with Gasteiger partial charge in [-0.25, -0.2) is 0 Å². The fourth-order valence-electron chi connectivity index (χ4n) is 2.84. The molecule has 0 fully saturated rings. The molecule has 35 heavy (non-hydrogen) atoms. The number of hydrogen-bond donors (Lipinski definition) is 4.